The van der Waals surface area contributed by atoms with Crippen LogP contribution in [-0.4, -0.2) is 5.78 Å². The van der Waals surface area contributed by atoms with Crippen molar-refractivity contribution in [1.82, 2.24) is 0 Å². The van der Waals surface area contributed by atoms with Crippen molar-refractivity contribution in [3.63, 3.8) is 0 Å². The first-order valence-electron chi connectivity index (χ1n) is 5.56. The molecule has 17 heavy (non-hydrogen) atoms. The monoisotopic (exact) mass is 308 g/mol. The van der Waals surface area contributed by atoms with Gasteiger partial charge in [0.2, 0.25) is 0 Å². The zero-order valence-corrected chi connectivity index (χ0v) is 12.0. The average molecular weight is 309 g/mol. The maximum atomic E-state index is 12.2. The van der Waals surface area contributed by atoms with Crippen LogP contribution in [0.1, 0.15) is 27.7 Å². The highest BCUT2D eigenvalue weighted by atomic mass is 79.9. The normalized spacial score (nSPS) is 10.5. The van der Waals surface area contributed by atoms with E-state index in [-0.39, 0.29) is 5.78 Å². The van der Waals surface area contributed by atoms with Gasteiger partial charge in [-0.3, -0.25) is 4.79 Å². The van der Waals surface area contributed by atoms with Gasteiger partial charge in [0.1, 0.15) is 0 Å². The van der Waals surface area contributed by atoms with Gasteiger partial charge in [-0.25, -0.2) is 0 Å². The van der Waals surface area contributed by atoms with Crippen LogP contribution in [0.4, 0.5) is 0 Å². The minimum Gasteiger partial charge on any atom is -0.294 e. The van der Waals surface area contributed by atoms with Gasteiger partial charge < -0.3 is 0 Å². The van der Waals surface area contributed by atoms with Crippen molar-refractivity contribution in [3.05, 3.63) is 56.2 Å². The number of halogens is 1. The molecule has 1 aromatic carbocycles. The van der Waals surface area contributed by atoms with Gasteiger partial charge in [0, 0.05) is 16.9 Å². The van der Waals surface area contributed by atoms with E-state index < -0.39 is 0 Å². The Kier molecular flexibility index (Phi) is 4.13. The number of benzene rings is 1. The summed E-state index contributed by atoms with van der Waals surface area (Å²) in [5.41, 5.74) is 1.99. The molecule has 0 fully saturated rings. The molecule has 0 saturated carbocycles. The van der Waals surface area contributed by atoms with Gasteiger partial charge in [0.15, 0.2) is 5.78 Å². The van der Waals surface area contributed by atoms with E-state index in [2.05, 4.69) is 22.9 Å². The number of carbonyl (C=O) groups is 1. The molecule has 1 heterocycles. The third-order valence-corrected chi connectivity index (χ3v) is 4.29. The maximum Gasteiger partial charge on any atom is 0.168 e. The van der Waals surface area contributed by atoms with Crippen LogP contribution in [-0.2, 0) is 12.8 Å². The van der Waals surface area contributed by atoms with E-state index in [0.29, 0.717) is 6.42 Å². The summed E-state index contributed by atoms with van der Waals surface area (Å²) in [5, 5.41) is 0. The average Bonchev–Trinajstić information content (AvgIpc) is 2.74. The molecule has 0 spiro atoms. The summed E-state index contributed by atoms with van der Waals surface area (Å²) in [4.78, 5) is 13.3. The molecule has 0 atom stereocenters. The van der Waals surface area contributed by atoms with Crippen LogP contribution in [0, 0.1) is 0 Å². The Labute approximate surface area is 114 Å². The third-order valence-electron chi connectivity index (χ3n) is 2.66. The molecule has 0 aliphatic heterocycles. The first kappa shape index (κ1) is 12.5. The standard InChI is InChI=1S/C14H13BrOS/c1-2-10-5-3-4-6-12(10)13(16)9-11-7-8-14(15)17-11/h3-8H,2,9H2,1H3. The summed E-state index contributed by atoms with van der Waals surface area (Å²) in [6.07, 6.45) is 1.39. The summed E-state index contributed by atoms with van der Waals surface area (Å²) < 4.78 is 1.07. The zero-order chi connectivity index (χ0) is 12.3. The summed E-state index contributed by atoms with van der Waals surface area (Å²) in [6.45, 7) is 2.08. The molecule has 0 saturated heterocycles. The van der Waals surface area contributed by atoms with Crippen LogP contribution in [0.5, 0.6) is 0 Å². The number of Topliss-reactive ketones (excluding diaryl/α,β-unsaturated/α-hetero) is 1. The minimum absolute atomic E-state index is 0.205. The van der Waals surface area contributed by atoms with Crippen molar-refractivity contribution in [3.8, 4) is 0 Å². The minimum atomic E-state index is 0.205. The molecule has 2 rings (SSSR count). The largest absolute Gasteiger partial charge is 0.294 e. The molecular formula is C14H13BrOS. The number of rotatable bonds is 4. The molecule has 0 bridgehead atoms. The van der Waals surface area contributed by atoms with E-state index in [9.17, 15) is 4.79 Å². The van der Waals surface area contributed by atoms with Crippen LogP contribution >= 0.6 is 27.3 Å². The van der Waals surface area contributed by atoms with E-state index in [4.69, 9.17) is 0 Å². The molecule has 0 unspecified atom stereocenters. The summed E-state index contributed by atoms with van der Waals surface area (Å²) in [6, 6.07) is 11.8. The van der Waals surface area contributed by atoms with Gasteiger partial charge in [-0.15, -0.1) is 11.3 Å². The first-order chi connectivity index (χ1) is 8.20. The molecule has 2 aromatic rings. The Morgan fingerprint density at radius 3 is 2.65 bits per heavy atom. The fourth-order valence-corrected chi connectivity index (χ4v) is 3.28. The van der Waals surface area contributed by atoms with Gasteiger partial charge in [-0.2, -0.15) is 0 Å². The van der Waals surface area contributed by atoms with Crippen LogP contribution in [0.3, 0.4) is 0 Å². The molecule has 0 aliphatic carbocycles. The van der Waals surface area contributed by atoms with Gasteiger partial charge in [0.05, 0.1) is 3.79 Å². The number of ketones is 1. The van der Waals surface area contributed by atoms with Crippen molar-refractivity contribution in [2.24, 2.45) is 0 Å². The molecule has 88 valence electrons. The van der Waals surface area contributed by atoms with Crippen LogP contribution in [0.25, 0.3) is 0 Å². The van der Waals surface area contributed by atoms with Crippen molar-refractivity contribution in [2.75, 3.05) is 0 Å². The van der Waals surface area contributed by atoms with Gasteiger partial charge in [-0.1, -0.05) is 31.2 Å². The Morgan fingerprint density at radius 2 is 2.00 bits per heavy atom. The Hall–Kier alpha value is -0.930. The Bertz CT molecular complexity index is 531. The van der Waals surface area contributed by atoms with E-state index >= 15 is 0 Å². The number of aryl methyl sites for hydroxylation is 1. The lowest BCUT2D eigenvalue weighted by Crippen LogP contribution is -2.05. The Morgan fingerprint density at radius 1 is 1.24 bits per heavy atom. The highest BCUT2D eigenvalue weighted by Gasteiger charge is 2.11. The highest BCUT2D eigenvalue weighted by molar-refractivity contribution is 9.11. The van der Waals surface area contributed by atoms with Gasteiger partial charge in [-0.05, 0) is 40.0 Å². The highest BCUT2D eigenvalue weighted by Crippen LogP contribution is 2.24. The van der Waals surface area contributed by atoms with Crippen molar-refractivity contribution in [1.29, 1.82) is 0 Å². The first-order valence-corrected chi connectivity index (χ1v) is 7.17. The number of hydrogen-bond donors (Lipinski definition) is 0. The number of thiophene rings is 1. The van der Waals surface area contributed by atoms with Crippen LogP contribution in [0.15, 0.2) is 40.2 Å². The Balaban J connectivity index is 2.20. The topological polar surface area (TPSA) is 17.1 Å². The second-order valence-corrected chi connectivity index (χ2v) is 6.36. The lowest BCUT2D eigenvalue weighted by molar-refractivity contribution is 0.0993. The molecule has 3 heteroatoms. The van der Waals surface area contributed by atoms with Crippen molar-refractivity contribution in [2.45, 2.75) is 19.8 Å². The van der Waals surface area contributed by atoms with E-state index in [1.54, 1.807) is 11.3 Å². The zero-order valence-electron chi connectivity index (χ0n) is 9.57. The second kappa shape index (κ2) is 5.61. The molecule has 0 N–H and O–H groups in total. The van der Waals surface area contributed by atoms with E-state index in [0.717, 1.165) is 26.2 Å². The quantitative estimate of drug-likeness (QED) is 0.760. The summed E-state index contributed by atoms with van der Waals surface area (Å²) >= 11 is 5.03. The number of hydrogen-bond acceptors (Lipinski definition) is 2. The van der Waals surface area contributed by atoms with Gasteiger partial charge in [0.25, 0.3) is 0 Å². The molecule has 0 radical (unpaired) electrons. The third kappa shape index (κ3) is 3.05. The molecular weight excluding hydrogens is 296 g/mol. The molecule has 0 amide bonds. The lowest BCUT2D eigenvalue weighted by Gasteiger charge is -2.05. The van der Waals surface area contributed by atoms with Crippen LogP contribution < -0.4 is 0 Å². The fraction of sp³-hybridized carbons (Fsp3) is 0.214. The van der Waals surface area contributed by atoms with E-state index in [1.165, 1.54) is 0 Å². The SMILES string of the molecule is CCc1ccccc1C(=O)Cc1ccc(Br)s1. The van der Waals surface area contributed by atoms with Crippen LogP contribution in [0.2, 0.25) is 0 Å². The van der Waals surface area contributed by atoms with E-state index in [1.807, 2.05) is 36.4 Å². The summed E-state index contributed by atoms with van der Waals surface area (Å²) in [5.74, 6) is 0.205. The predicted octanol–water partition coefficient (Wildman–Crippen LogP) is 4.50. The maximum absolute atomic E-state index is 12.2. The number of carbonyl (C=O) groups excluding carboxylic acids is 1. The molecule has 1 aromatic heterocycles. The lowest BCUT2D eigenvalue weighted by atomic mass is 9.99. The molecule has 0 aliphatic rings. The summed E-state index contributed by atoms with van der Waals surface area (Å²) in [7, 11) is 0. The van der Waals surface area contributed by atoms with Crippen molar-refractivity contribution < 1.29 is 4.79 Å². The molecule has 1 nitrogen and oxygen atoms in total. The second-order valence-electron chi connectivity index (χ2n) is 3.82. The van der Waals surface area contributed by atoms with Gasteiger partial charge >= 0.3 is 0 Å². The predicted molar refractivity (Wildman–Crippen MR) is 75.9 cm³/mol. The fourth-order valence-electron chi connectivity index (χ4n) is 1.80. The smallest absolute Gasteiger partial charge is 0.168 e. The van der Waals surface area contributed by atoms with Crippen molar-refractivity contribution >= 4 is 33.0 Å².